The van der Waals surface area contributed by atoms with Crippen molar-refractivity contribution in [3.05, 3.63) is 98.5 Å². The number of aliphatic carboxylic acids is 1. The van der Waals surface area contributed by atoms with Crippen LogP contribution in [0.15, 0.2) is 60.7 Å². The molecule has 0 radical (unpaired) electrons. The van der Waals surface area contributed by atoms with Gasteiger partial charge in [0.25, 0.3) is 0 Å². The molecule has 4 nitrogen and oxygen atoms in total. The molecule has 3 rings (SSSR count). The van der Waals surface area contributed by atoms with Crippen LogP contribution in [0, 0.1) is 6.92 Å². The minimum atomic E-state index is -4.43. The molecule has 0 fully saturated rings. The Morgan fingerprint density at radius 1 is 0.973 bits per heavy atom. The molecule has 0 saturated carbocycles. The van der Waals surface area contributed by atoms with Crippen LogP contribution in [-0.4, -0.2) is 17.2 Å². The van der Waals surface area contributed by atoms with Gasteiger partial charge in [-0.15, -0.1) is 0 Å². The Labute approximate surface area is 223 Å². The molecule has 0 bridgehead atoms. The van der Waals surface area contributed by atoms with Gasteiger partial charge in [0.15, 0.2) is 6.10 Å². The summed E-state index contributed by atoms with van der Waals surface area (Å²) < 4.78 is 50.8. The summed E-state index contributed by atoms with van der Waals surface area (Å²) in [5, 5.41) is 9.56. The van der Waals surface area contributed by atoms with E-state index in [2.05, 4.69) is 0 Å². The summed E-state index contributed by atoms with van der Waals surface area (Å²) in [7, 11) is 0. The molecule has 1 N–H and O–H groups in total. The fourth-order valence-corrected chi connectivity index (χ4v) is 4.20. The van der Waals surface area contributed by atoms with E-state index in [0.29, 0.717) is 24.0 Å². The molecule has 0 amide bonds. The van der Waals surface area contributed by atoms with Crippen molar-refractivity contribution in [3.63, 3.8) is 0 Å². The number of benzene rings is 3. The van der Waals surface area contributed by atoms with Crippen molar-refractivity contribution in [2.45, 2.75) is 58.1 Å². The summed E-state index contributed by atoms with van der Waals surface area (Å²) in [6, 6.07) is 16.0. The van der Waals surface area contributed by atoms with Crippen LogP contribution < -0.4 is 4.74 Å². The van der Waals surface area contributed by atoms with E-state index in [9.17, 15) is 23.1 Å². The van der Waals surface area contributed by atoms with Gasteiger partial charge in [-0.1, -0.05) is 78.2 Å². The van der Waals surface area contributed by atoms with Gasteiger partial charge in [0.05, 0.1) is 23.3 Å². The fourth-order valence-electron chi connectivity index (χ4n) is 3.72. The molecular formula is C28H27Cl2F3O4. The number of rotatable bonds is 11. The Morgan fingerprint density at radius 3 is 2.19 bits per heavy atom. The van der Waals surface area contributed by atoms with Crippen molar-refractivity contribution in [1.29, 1.82) is 0 Å². The number of hydrogen-bond acceptors (Lipinski definition) is 3. The number of carbonyl (C=O) groups is 1. The zero-order valence-corrected chi connectivity index (χ0v) is 21.8. The minimum Gasteiger partial charge on any atom is -0.479 e. The molecule has 0 aromatic heterocycles. The highest BCUT2D eigenvalue weighted by Crippen LogP contribution is 2.37. The molecular weight excluding hydrogens is 528 g/mol. The zero-order chi connectivity index (χ0) is 27.2. The third-order valence-corrected chi connectivity index (χ3v) is 6.80. The topological polar surface area (TPSA) is 55.8 Å². The molecule has 0 saturated heterocycles. The van der Waals surface area contributed by atoms with Gasteiger partial charge in [-0.25, -0.2) is 4.79 Å². The van der Waals surface area contributed by atoms with E-state index in [0.717, 1.165) is 23.3 Å². The van der Waals surface area contributed by atoms with Gasteiger partial charge in [0, 0.05) is 0 Å². The van der Waals surface area contributed by atoms with Crippen molar-refractivity contribution in [3.8, 4) is 5.75 Å². The smallest absolute Gasteiger partial charge is 0.416 e. The highest BCUT2D eigenvalue weighted by Gasteiger charge is 2.30. The number of halogens is 5. The third-order valence-electron chi connectivity index (χ3n) is 5.90. The van der Waals surface area contributed by atoms with Crippen LogP contribution in [0.4, 0.5) is 13.2 Å². The Hall–Kier alpha value is -2.74. The van der Waals surface area contributed by atoms with E-state index in [1.54, 1.807) is 19.1 Å². The van der Waals surface area contributed by atoms with Gasteiger partial charge >= 0.3 is 12.1 Å². The van der Waals surface area contributed by atoms with Crippen LogP contribution in [0.5, 0.6) is 5.75 Å². The SMILES string of the molecule is CCC(Oc1ccc(CCC(OCc2ccc(C)cc2)c2ccc(C(F)(F)F)cc2)c(Cl)c1Cl)C(=O)O. The van der Waals surface area contributed by atoms with Gasteiger partial charge in [-0.05, 0) is 61.1 Å². The van der Waals surface area contributed by atoms with E-state index in [4.69, 9.17) is 32.7 Å². The Bertz CT molecular complexity index is 1200. The molecule has 3 aromatic rings. The Morgan fingerprint density at radius 2 is 1.62 bits per heavy atom. The lowest BCUT2D eigenvalue weighted by molar-refractivity contribution is -0.145. The second-order valence-corrected chi connectivity index (χ2v) is 9.40. The van der Waals surface area contributed by atoms with Crippen LogP contribution in [0.1, 0.15) is 53.7 Å². The Kier molecular flexibility index (Phi) is 9.87. The summed E-state index contributed by atoms with van der Waals surface area (Å²) in [6.45, 7) is 3.94. The maximum atomic E-state index is 13.1. The molecule has 0 aliphatic heterocycles. The average Bonchev–Trinajstić information content (AvgIpc) is 2.86. The van der Waals surface area contributed by atoms with Crippen molar-refractivity contribution in [2.75, 3.05) is 0 Å². The first-order valence-electron chi connectivity index (χ1n) is 11.7. The summed E-state index contributed by atoms with van der Waals surface area (Å²) in [5.41, 5.74) is 2.60. The van der Waals surface area contributed by atoms with Gasteiger partial charge in [0.1, 0.15) is 10.8 Å². The second kappa shape index (κ2) is 12.7. The van der Waals surface area contributed by atoms with Crippen LogP contribution >= 0.6 is 23.2 Å². The quantitative estimate of drug-likeness (QED) is 0.258. The zero-order valence-electron chi connectivity index (χ0n) is 20.3. The van der Waals surface area contributed by atoms with Crippen molar-refractivity contribution >= 4 is 29.2 Å². The highest BCUT2D eigenvalue weighted by atomic mass is 35.5. The van der Waals surface area contributed by atoms with E-state index in [1.165, 1.54) is 12.1 Å². The molecule has 3 aromatic carbocycles. The first-order chi connectivity index (χ1) is 17.5. The minimum absolute atomic E-state index is 0.102. The maximum Gasteiger partial charge on any atom is 0.416 e. The first kappa shape index (κ1) is 28.8. The van der Waals surface area contributed by atoms with E-state index >= 15 is 0 Å². The van der Waals surface area contributed by atoms with Crippen LogP contribution in [0.25, 0.3) is 0 Å². The standard InChI is InChI=1S/C28H27Cl2F3O4/c1-3-22(27(34)35)37-24-15-11-20(25(29)26(24)30)10-14-23(36-16-18-6-4-17(2)5-7-18)19-8-12-21(13-9-19)28(31,32)33/h4-9,11-13,15,22-23H,3,10,14,16H2,1-2H3,(H,34,35). The van der Waals surface area contributed by atoms with E-state index < -0.39 is 29.9 Å². The average molecular weight is 555 g/mol. The lowest BCUT2D eigenvalue weighted by Gasteiger charge is -2.21. The van der Waals surface area contributed by atoms with Crippen molar-refractivity contribution < 1.29 is 32.5 Å². The van der Waals surface area contributed by atoms with E-state index in [1.807, 2.05) is 31.2 Å². The van der Waals surface area contributed by atoms with Crippen molar-refractivity contribution in [1.82, 2.24) is 0 Å². The molecule has 198 valence electrons. The number of hydrogen-bond donors (Lipinski definition) is 1. The fraction of sp³-hybridized carbons (Fsp3) is 0.321. The normalized spacial score (nSPS) is 13.3. The molecule has 2 unspecified atom stereocenters. The summed E-state index contributed by atoms with van der Waals surface area (Å²) >= 11 is 12.8. The number of carboxylic acids is 1. The van der Waals surface area contributed by atoms with Gasteiger partial charge in [-0.2, -0.15) is 13.2 Å². The monoisotopic (exact) mass is 554 g/mol. The predicted molar refractivity (Wildman–Crippen MR) is 137 cm³/mol. The third kappa shape index (κ3) is 7.87. The van der Waals surface area contributed by atoms with Gasteiger partial charge in [-0.3, -0.25) is 0 Å². The van der Waals surface area contributed by atoms with Gasteiger partial charge < -0.3 is 14.6 Å². The molecule has 2 atom stereocenters. The largest absolute Gasteiger partial charge is 0.479 e. The number of ether oxygens (including phenoxy) is 2. The molecule has 9 heteroatoms. The number of alkyl halides is 3. The summed E-state index contributed by atoms with van der Waals surface area (Å²) in [6.07, 6.45) is -4.92. The second-order valence-electron chi connectivity index (χ2n) is 8.65. The number of carboxylic acid groups (broad SMARTS) is 1. The molecule has 37 heavy (non-hydrogen) atoms. The maximum absolute atomic E-state index is 13.1. The lowest BCUT2D eigenvalue weighted by Crippen LogP contribution is -2.26. The van der Waals surface area contributed by atoms with Crippen molar-refractivity contribution in [2.24, 2.45) is 0 Å². The first-order valence-corrected chi connectivity index (χ1v) is 12.5. The highest BCUT2D eigenvalue weighted by molar-refractivity contribution is 6.43. The summed E-state index contributed by atoms with van der Waals surface area (Å²) in [4.78, 5) is 11.3. The van der Waals surface area contributed by atoms with Crippen LogP contribution in [0.2, 0.25) is 10.0 Å². The van der Waals surface area contributed by atoms with Gasteiger partial charge in [0.2, 0.25) is 0 Å². The molecule has 0 aliphatic carbocycles. The lowest BCUT2D eigenvalue weighted by atomic mass is 9.99. The molecule has 0 aliphatic rings. The molecule has 0 spiro atoms. The number of aryl methyl sites for hydroxylation is 2. The van der Waals surface area contributed by atoms with Crippen LogP contribution in [0.3, 0.4) is 0 Å². The van der Waals surface area contributed by atoms with Crippen LogP contribution in [-0.2, 0) is 28.7 Å². The molecule has 0 heterocycles. The summed E-state index contributed by atoms with van der Waals surface area (Å²) in [5.74, 6) is -0.941. The predicted octanol–water partition coefficient (Wildman–Crippen LogP) is 8.45. The van der Waals surface area contributed by atoms with E-state index in [-0.39, 0.29) is 28.8 Å². The Balaban J connectivity index is 1.79.